The third kappa shape index (κ3) is 4.68. The molecule has 1 aliphatic rings. The van der Waals surface area contributed by atoms with Gasteiger partial charge in [0.2, 0.25) is 0 Å². The highest BCUT2D eigenvalue weighted by Gasteiger charge is 2.32. The molecule has 0 saturated carbocycles. The Kier molecular flexibility index (Phi) is 5.54. The van der Waals surface area contributed by atoms with E-state index in [-0.39, 0.29) is 13.0 Å². The average molecular weight is 356 g/mol. The molecule has 4 atom stereocenters. The Labute approximate surface area is 152 Å². The second-order valence-electron chi connectivity index (χ2n) is 5.79. The van der Waals surface area contributed by atoms with Gasteiger partial charge in [-0.15, -0.1) is 0 Å². The van der Waals surface area contributed by atoms with Crippen LogP contribution in [-0.2, 0) is 14.2 Å². The van der Waals surface area contributed by atoms with E-state index in [4.69, 9.17) is 15.6 Å². The van der Waals surface area contributed by atoms with Crippen LogP contribution in [0.25, 0.3) is 0 Å². The predicted octanol–water partition coefficient (Wildman–Crippen LogP) is 1.93. The molecule has 2 aromatic carbocycles. The van der Waals surface area contributed by atoms with Crippen molar-refractivity contribution in [2.45, 2.75) is 31.3 Å². The summed E-state index contributed by atoms with van der Waals surface area (Å²) in [5, 5.41) is 11.8. The molecule has 0 aromatic heterocycles. The fourth-order valence-electron chi connectivity index (χ4n) is 2.58. The zero-order chi connectivity index (χ0) is 19.2. The molecule has 0 N–H and O–H groups in total. The van der Waals surface area contributed by atoms with Crippen molar-refractivity contribution in [3.05, 3.63) is 71.8 Å². The summed E-state index contributed by atoms with van der Waals surface area (Å²) in [6.07, 6.45) is -4.42. The number of ether oxygens (including phenoxy) is 3. The summed E-state index contributed by atoms with van der Waals surface area (Å²) < 4.78 is 23.6. The first kappa shape index (κ1) is 16.8. The molecule has 2 aromatic rings. The maximum absolute atomic E-state index is 12.3. The maximum Gasteiger partial charge on any atom is 0.338 e. The van der Waals surface area contributed by atoms with Crippen molar-refractivity contribution in [3.63, 3.8) is 0 Å². The minimum atomic E-state index is -1.59. The van der Waals surface area contributed by atoms with Crippen LogP contribution in [0.5, 0.6) is 0 Å². The van der Waals surface area contributed by atoms with E-state index in [9.17, 15) is 14.7 Å². The van der Waals surface area contributed by atoms with Crippen LogP contribution in [-0.4, -0.2) is 37.0 Å². The van der Waals surface area contributed by atoms with Crippen LogP contribution >= 0.6 is 0 Å². The molecule has 0 bridgehead atoms. The van der Waals surface area contributed by atoms with Crippen molar-refractivity contribution < 1.29 is 30.3 Å². The van der Waals surface area contributed by atoms with Crippen LogP contribution in [0, 0.1) is 0 Å². The Morgan fingerprint density at radius 2 is 1.62 bits per heavy atom. The Balaban J connectivity index is 1.65. The van der Waals surface area contributed by atoms with Gasteiger partial charge in [-0.1, -0.05) is 36.4 Å². The number of hydrogen-bond acceptors (Lipinski definition) is 6. The molecule has 0 spiro atoms. The summed E-state index contributed by atoms with van der Waals surface area (Å²) in [6, 6.07) is 16.8. The third-order valence-electron chi connectivity index (χ3n) is 3.94. The predicted molar refractivity (Wildman–Crippen MR) is 90.3 cm³/mol. The van der Waals surface area contributed by atoms with E-state index < -0.39 is 36.8 Å². The Morgan fingerprint density at radius 3 is 2.23 bits per heavy atom. The Morgan fingerprint density at radius 1 is 1.04 bits per heavy atom. The van der Waals surface area contributed by atoms with Crippen LogP contribution in [0.4, 0.5) is 0 Å². The highest BCUT2D eigenvalue weighted by molar-refractivity contribution is 5.90. The van der Waals surface area contributed by atoms with E-state index in [0.717, 1.165) is 0 Å². The van der Waals surface area contributed by atoms with Gasteiger partial charge >= 0.3 is 11.9 Å². The van der Waals surface area contributed by atoms with E-state index in [2.05, 4.69) is 0 Å². The first-order chi connectivity index (χ1) is 13.0. The zero-order valence-electron chi connectivity index (χ0n) is 14.9. The quantitative estimate of drug-likeness (QED) is 0.761. The molecular weight excluding hydrogens is 336 g/mol. The van der Waals surface area contributed by atoms with Crippen molar-refractivity contribution in [2.24, 2.45) is 0 Å². The summed E-state index contributed by atoms with van der Waals surface area (Å²) in [5.74, 6) is -1.15. The molecule has 6 nitrogen and oxygen atoms in total. The van der Waals surface area contributed by atoms with Crippen LogP contribution in [0.15, 0.2) is 60.7 Å². The Bertz CT molecular complexity index is 767. The molecule has 0 aliphatic carbocycles. The molecule has 1 aliphatic heterocycles. The standard InChI is InChI=1S/C20H19O6/c21-18-12-11-16(26-20(23)15-9-5-2-6-10-15)17(25-18)13-24-19(22)14-7-3-1-4-8-14/h1-10,16-18H,11-13H2/q-1/t16-,17+,18-/m0/s1/i12D/t12-,16-,17+,18-. The molecular formula is C20H19O6-. The summed E-state index contributed by atoms with van der Waals surface area (Å²) in [4.78, 5) is 24.4. The summed E-state index contributed by atoms with van der Waals surface area (Å²) in [6.45, 7) is -0.244. The van der Waals surface area contributed by atoms with Crippen LogP contribution < -0.4 is 5.11 Å². The second-order valence-corrected chi connectivity index (χ2v) is 5.79. The van der Waals surface area contributed by atoms with Crippen molar-refractivity contribution >= 4 is 11.9 Å². The highest BCUT2D eigenvalue weighted by atomic mass is 16.6. The molecule has 1 fully saturated rings. The topological polar surface area (TPSA) is 84.9 Å². The number of carbonyl (C=O) groups excluding carboxylic acids is 2. The average Bonchev–Trinajstić information content (AvgIpc) is 2.70. The summed E-state index contributed by atoms with van der Waals surface area (Å²) in [5.41, 5.74) is 0.714. The molecule has 1 saturated heterocycles. The largest absolute Gasteiger partial charge is 0.831 e. The molecule has 136 valence electrons. The lowest BCUT2D eigenvalue weighted by atomic mass is 10.0. The fourth-order valence-corrected chi connectivity index (χ4v) is 2.58. The van der Waals surface area contributed by atoms with Gasteiger partial charge < -0.3 is 19.3 Å². The Hall–Kier alpha value is -2.70. The fraction of sp³-hybridized carbons (Fsp3) is 0.300. The van der Waals surface area contributed by atoms with Crippen molar-refractivity contribution in [1.29, 1.82) is 0 Å². The minimum absolute atomic E-state index is 0.0142. The molecule has 0 unspecified atom stereocenters. The molecule has 0 amide bonds. The lowest BCUT2D eigenvalue weighted by molar-refractivity contribution is -0.508. The lowest BCUT2D eigenvalue weighted by Gasteiger charge is -2.38. The van der Waals surface area contributed by atoms with E-state index in [1.807, 2.05) is 0 Å². The smallest absolute Gasteiger partial charge is 0.338 e. The number of rotatable bonds is 5. The monoisotopic (exact) mass is 356 g/mol. The third-order valence-corrected chi connectivity index (χ3v) is 3.94. The number of hydrogen-bond donors (Lipinski definition) is 0. The highest BCUT2D eigenvalue weighted by Crippen LogP contribution is 2.22. The molecule has 26 heavy (non-hydrogen) atoms. The van der Waals surface area contributed by atoms with Gasteiger partial charge in [0.05, 0.1) is 11.1 Å². The zero-order valence-corrected chi connectivity index (χ0v) is 13.9. The number of carbonyl (C=O) groups is 2. The molecule has 1 heterocycles. The van der Waals surface area contributed by atoms with Gasteiger partial charge in [0.25, 0.3) is 0 Å². The minimum Gasteiger partial charge on any atom is -0.831 e. The summed E-state index contributed by atoms with van der Waals surface area (Å²) >= 11 is 0. The molecule has 3 rings (SSSR count). The molecule has 0 radical (unpaired) electrons. The van der Waals surface area contributed by atoms with Gasteiger partial charge in [-0.2, -0.15) is 0 Å². The first-order valence-corrected chi connectivity index (χ1v) is 8.26. The first-order valence-electron chi connectivity index (χ1n) is 8.84. The number of esters is 2. The van der Waals surface area contributed by atoms with E-state index in [1.54, 1.807) is 60.7 Å². The van der Waals surface area contributed by atoms with Crippen LogP contribution in [0.3, 0.4) is 0 Å². The van der Waals surface area contributed by atoms with E-state index in [1.165, 1.54) is 0 Å². The SMILES string of the molecule is [2H][C@H]1C[C@H](OC(=O)c2ccccc2)[C@@H](COC(=O)c2ccccc2)O[C@@H]1[O-]. The van der Waals surface area contributed by atoms with Crippen molar-refractivity contribution in [1.82, 2.24) is 0 Å². The van der Waals surface area contributed by atoms with Gasteiger partial charge in [0.15, 0.2) is 0 Å². The number of benzene rings is 2. The van der Waals surface area contributed by atoms with Crippen LogP contribution in [0.1, 0.15) is 34.9 Å². The van der Waals surface area contributed by atoms with Gasteiger partial charge in [0.1, 0.15) is 18.8 Å². The maximum atomic E-state index is 12.3. The van der Waals surface area contributed by atoms with Gasteiger partial charge in [0, 0.05) is 1.37 Å². The van der Waals surface area contributed by atoms with Gasteiger partial charge in [-0.3, -0.25) is 0 Å². The summed E-state index contributed by atoms with van der Waals surface area (Å²) in [7, 11) is 0. The van der Waals surface area contributed by atoms with Crippen molar-refractivity contribution in [3.8, 4) is 0 Å². The van der Waals surface area contributed by atoms with E-state index >= 15 is 0 Å². The van der Waals surface area contributed by atoms with E-state index in [0.29, 0.717) is 11.1 Å². The lowest BCUT2D eigenvalue weighted by Crippen LogP contribution is -2.48. The molecule has 6 heteroatoms. The van der Waals surface area contributed by atoms with Gasteiger partial charge in [-0.05, 0) is 43.4 Å². The normalized spacial score (nSPS) is 25.8. The van der Waals surface area contributed by atoms with Crippen LogP contribution in [0.2, 0.25) is 0 Å². The van der Waals surface area contributed by atoms with Gasteiger partial charge in [-0.25, -0.2) is 9.59 Å². The second kappa shape index (κ2) is 8.60. The van der Waals surface area contributed by atoms with Crippen molar-refractivity contribution in [2.75, 3.05) is 6.61 Å².